The summed E-state index contributed by atoms with van der Waals surface area (Å²) in [7, 11) is 0. The third-order valence-electron chi connectivity index (χ3n) is 5.52. The molecule has 6 rings (SSSR count). The van der Waals surface area contributed by atoms with Crippen molar-refractivity contribution in [2.45, 2.75) is 13.8 Å². The number of nitrogens with zero attached hydrogens (tertiary/aromatic N) is 6. The van der Waals surface area contributed by atoms with Crippen LogP contribution >= 0.6 is 0 Å². The summed E-state index contributed by atoms with van der Waals surface area (Å²) in [4.78, 5) is 19.3. The number of rotatable bonds is 5. The fraction of sp³-hybridized carbons (Fsp3) is 0.0769. The molecule has 8 heteroatoms. The van der Waals surface area contributed by atoms with Crippen LogP contribution in [0.2, 0.25) is 0 Å². The van der Waals surface area contributed by atoms with Gasteiger partial charge in [0.15, 0.2) is 0 Å². The van der Waals surface area contributed by atoms with Gasteiger partial charge >= 0.3 is 209 Å². The Balaban J connectivity index is 1.39. The fourth-order valence-electron chi connectivity index (χ4n) is 3.90. The van der Waals surface area contributed by atoms with Crippen LogP contribution in [0.5, 0.6) is 0 Å². The van der Waals surface area contributed by atoms with E-state index in [1.807, 2.05) is 36.7 Å². The van der Waals surface area contributed by atoms with E-state index in [0.717, 1.165) is 43.3 Å². The molecule has 0 spiro atoms. The number of aromatic nitrogens is 6. The first-order valence-electron chi connectivity index (χ1n) is 10.8. The summed E-state index contributed by atoms with van der Waals surface area (Å²) < 4.78 is 6.59. The molecular formula is C26H20N6Se2. The van der Waals surface area contributed by atoms with Crippen LogP contribution < -0.4 is 9.18 Å². The fourth-order valence-corrected chi connectivity index (χ4v) is 10.2. The maximum absolute atomic E-state index is 5.07. The van der Waals surface area contributed by atoms with E-state index in [2.05, 4.69) is 81.4 Å². The van der Waals surface area contributed by atoms with Gasteiger partial charge in [0, 0.05) is 0 Å². The van der Waals surface area contributed by atoms with Crippen molar-refractivity contribution in [3.8, 4) is 23.0 Å². The van der Waals surface area contributed by atoms with E-state index < -0.39 is 0 Å². The molecule has 0 saturated heterocycles. The van der Waals surface area contributed by atoms with Crippen LogP contribution in [0, 0.1) is 13.8 Å². The molecule has 0 amide bonds. The Hall–Kier alpha value is -3.28. The number of hydrogen-bond donors (Lipinski definition) is 0. The van der Waals surface area contributed by atoms with Gasteiger partial charge in [0.25, 0.3) is 0 Å². The van der Waals surface area contributed by atoms with Gasteiger partial charge in [-0.05, 0) is 0 Å². The summed E-state index contributed by atoms with van der Waals surface area (Å²) in [6, 6.07) is 20.7. The van der Waals surface area contributed by atoms with Crippen LogP contribution in [0.3, 0.4) is 0 Å². The Morgan fingerprint density at radius 3 is 1.53 bits per heavy atom. The first-order chi connectivity index (χ1) is 16.7. The SMILES string of the molecule is Cc1ccnc(-c2nc([Se][Se]c3nc(-c4cc(C)ccn4)n4ccccc34)c3ccccn23)c1. The second kappa shape index (κ2) is 8.82. The summed E-state index contributed by atoms with van der Waals surface area (Å²) >= 11 is 0.313. The molecule has 0 aliphatic heterocycles. The predicted octanol–water partition coefficient (Wildman–Crippen LogP) is 3.00. The molecule has 0 aromatic carbocycles. The van der Waals surface area contributed by atoms with Gasteiger partial charge in [0.1, 0.15) is 0 Å². The average molecular weight is 574 g/mol. The van der Waals surface area contributed by atoms with Crippen molar-refractivity contribution in [2.75, 3.05) is 0 Å². The third-order valence-corrected chi connectivity index (χ3v) is 12.0. The van der Waals surface area contributed by atoms with Crippen LogP contribution in [-0.4, -0.2) is 55.0 Å². The van der Waals surface area contributed by atoms with E-state index in [1.54, 1.807) is 0 Å². The molecule has 34 heavy (non-hydrogen) atoms. The minimum absolute atomic E-state index is 0.156. The second-order valence-corrected chi connectivity index (χ2v) is 14.0. The van der Waals surface area contributed by atoms with Crippen molar-refractivity contribution in [1.82, 2.24) is 28.7 Å². The maximum atomic E-state index is 5.07. The molecule has 0 fully saturated rings. The molecule has 6 heterocycles. The van der Waals surface area contributed by atoms with Crippen LogP contribution in [0.1, 0.15) is 11.1 Å². The molecule has 0 saturated carbocycles. The molecular weight excluding hydrogens is 554 g/mol. The molecule has 0 bridgehead atoms. The standard InChI is InChI=1S/C26H20N6Se2/c1-17-9-11-27-19(15-17)23-29-25(21-7-3-5-13-31(21)23)33-34-26-22-8-4-6-14-32(22)24(30-26)20-16-18(2)10-12-28-20/h3-16H,1-2H3. The van der Waals surface area contributed by atoms with Gasteiger partial charge in [-0.2, -0.15) is 0 Å². The van der Waals surface area contributed by atoms with E-state index in [9.17, 15) is 0 Å². The Kier molecular flexibility index (Phi) is 5.52. The van der Waals surface area contributed by atoms with Gasteiger partial charge in [-0.25, -0.2) is 0 Å². The quantitative estimate of drug-likeness (QED) is 0.297. The van der Waals surface area contributed by atoms with Crippen molar-refractivity contribution >= 4 is 46.5 Å². The first-order valence-corrected chi connectivity index (χ1v) is 16.9. The van der Waals surface area contributed by atoms with Gasteiger partial charge in [-0.1, -0.05) is 0 Å². The van der Waals surface area contributed by atoms with Gasteiger partial charge in [0.2, 0.25) is 0 Å². The topological polar surface area (TPSA) is 60.4 Å². The van der Waals surface area contributed by atoms with Gasteiger partial charge in [0.05, 0.1) is 0 Å². The van der Waals surface area contributed by atoms with E-state index in [1.165, 1.54) is 11.1 Å². The van der Waals surface area contributed by atoms with E-state index in [-0.39, 0.29) is 26.3 Å². The number of imidazole rings is 2. The third kappa shape index (κ3) is 3.85. The van der Waals surface area contributed by atoms with Crippen molar-refractivity contribution in [3.05, 3.63) is 96.6 Å². The molecule has 0 aliphatic rings. The molecule has 0 aliphatic carbocycles. The zero-order valence-corrected chi connectivity index (χ0v) is 22.0. The Bertz CT molecular complexity index is 1530. The Morgan fingerprint density at radius 2 is 1.09 bits per heavy atom. The van der Waals surface area contributed by atoms with Crippen LogP contribution in [0.15, 0.2) is 85.5 Å². The number of aryl methyl sites for hydroxylation is 2. The van der Waals surface area contributed by atoms with Crippen LogP contribution in [-0.2, 0) is 0 Å². The number of pyridine rings is 4. The van der Waals surface area contributed by atoms with Crippen molar-refractivity contribution in [1.29, 1.82) is 0 Å². The summed E-state index contributed by atoms with van der Waals surface area (Å²) in [5.74, 6) is 1.79. The normalized spacial score (nSPS) is 11.5. The average Bonchev–Trinajstić information content (AvgIpc) is 3.42. The van der Waals surface area contributed by atoms with E-state index >= 15 is 0 Å². The summed E-state index contributed by atoms with van der Waals surface area (Å²) in [5, 5.41) is 0. The summed E-state index contributed by atoms with van der Waals surface area (Å²) in [5.41, 5.74) is 6.44. The number of hydrogen-bond acceptors (Lipinski definition) is 4. The van der Waals surface area contributed by atoms with Crippen LogP contribution in [0.25, 0.3) is 34.1 Å². The molecule has 0 unspecified atom stereocenters. The van der Waals surface area contributed by atoms with Gasteiger partial charge in [-0.15, -0.1) is 0 Å². The predicted molar refractivity (Wildman–Crippen MR) is 137 cm³/mol. The molecule has 0 N–H and O–H groups in total. The second-order valence-electron chi connectivity index (χ2n) is 8.00. The molecule has 6 aromatic rings. The Labute approximate surface area is 208 Å². The van der Waals surface area contributed by atoms with Crippen molar-refractivity contribution in [3.63, 3.8) is 0 Å². The molecule has 6 aromatic heterocycles. The zero-order valence-electron chi connectivity index (χ0n) is 18.6. The monoisotopic (exact) mass is 576 g/mol. The minimum atomic E-state index is 0.156. The summed E-state index contributed by atoms with van der Waals surface area (Å²) in [6.07, 6.45) is 7.84. The van der Waals surface area contributed by atoms with Crippen LogP contribution in [0.4, 0.5) is 0 Å². The molecule has 0 radical (unpaired) electrons. The number of fused-ring (bicyclic) bond motifs is 2. The van der Waals surface area contributed by atoms with Gasteiger partial charge in [-0.3, -0.25) is 0 Å². The summed E-state index contributed by atoms with van der Waals surface area (Å²) in [6.45, 7) is 4.17. The van der Waals surface area contributed by atoms with Gasteiger partial charge < -0.3 is 0 Å². The molecule has 166 valence electrons. The van der Waals surface area contributed by atoms with E-state index in [4.69, 9.17) is 9.97 Å². The Morgan fingerprint density at radius 1 is 0.618 bits per heavy atom. The zero-order chi connectivity index (χ0) is 23.1. The van der Waals surface area contributed by atoms with Crippen molar-refractivity contribution < 1.29 is 0 Å². The molecule has 6 nitrogen and oxygen atoms in total. The van der Waals surface area contributed by atoms with Crippen molar-refractivity contribution in [2.24, 2.45) is 0 Å². The first kappa shape index (κ1) is 21.3. The molecule has 0 atom stereocenters. The van der Waals surface area contributed by atoms with E-state index in [0.29, 0.717) is 0 Å².